The summed E-state index contributed by atoms with van der Waals surface area (Å²) in [6.45, 7) is 8.15. The average molecular weight is 282 g/mol. The highest BCUT2D eigenvalue weighted by Crippen LogP contribution is 2.54. The summed E-state index contributed by atoms with van der Waals surface area (Å²) in [6, 6.07) is 9.91. The largest absolute Gasteiger partial charge is 0.325 e. The lowest BCUT2D eigenvalue weighted by atomic mass is 9.58. The molecule has 1 N–H and O–H groups in total. The smallest absolute Gasteiger partial charge is 0.237 e. The summed E-state index contributed by atoms with van der Waals surface area (Å²) in [6.07, 6.45) is 4.93. The van der Waals surface area contributed by atoms with Gasteiger partial charge in [0, 0.05) is 11.1 Å². The van der Waals surface area contributed by atoms with Gasteiger partial charge in [0.2, 0.25) is 5.91 Å². The number of para-hydroxylation sites is 1. The molecule has 0 aliphatic carbocycles. The van der Waals surface area contributed by atoms with Gasteiger partial charge in [-0.15, -0.1) is 6.58 Å². The molecule has 0 unspecified atom stereocenters. The van der Waals surface area contributed by atoms with Crippen LogP contribution in [-0.2, 0) is 10.2 Å². The number of benzene rings is 1. The van der Waals surface area contributed by atoms with Crippen LogP contribution in [0.3, 0.4) is 0 Å². The molecule has 3 heteroatoms. The van der Waals surface area contributed by atoms with E-state index in [1.54, 1.807) is 0 Å². The third-order valence-corrected chi connectivity index (χ3v) is 4.84. The second-order valence-corrected chi connectivity index (χ2v) is 5.97. The van der Waals surface area contributed by atoms with Crippen molar-refractivity contribution in [2.75, 3.05) is 5.32 Å². The number of rotatable bonds is 6. The average Bonchev–Trinajstić information content (AvgIpc) is 2.79. The minimum atomic E-state index is -0.838. The Morgan fingerprint density at radius 3 is 2.81 bits per heavy atom. The van der Waals surface area contributed by atoms with Crippen molar-refractivity contribution in [3.63, 3.8) is 0 Å². The van der Waals surface area contributed by atoms with Crippen LogP contribution in [0.15, 0.2) is 36.9 Å². The molecule has 1 aromatic carbocycles. The van der Waals surface area contributed by atoms with Crippen molar-refractivity contribution in [2.24, 2.45) is 5.41 Å². The fourth-order valence-electron chi connectivity index (χ4n) is 3.41. The van der Waals surface area contributed by atoms with Gasteiger partial charge in [-0.1, -0.05) is 51.0 Å². The van der Waals surface area contributed by atoms with Crippen LogP contribution in [0.5, 0.6) is 0 Å². The van der Waals surface area contributed by atoms with Crippen LogP contribution in [0.1, 0.15) is 45.1 Å². The number of carbonyl (C=O) groups is 1. The van der Waals surface area contributed by atoms with E-state index in [4.69, 9.17) is 0 Å². The predicted octanol–water partition coefficient (Wildman–Crippen LogP) is 4.17. The van der Waals surface area contributed by atoms with Crippen molar-refractivity contribution in [1.29, 1.82) is 5.26 Å². The topological polar surface area (TPSA) is 52.9 Å². The third kappa shape index (κ3) is 2.15. The van der Waals surface area contributed by atoms with Gasteiger partial charge in [-0.25, -0.2) is 0 Å². The number of unbranched alkanes of at least 4 members (excludes halogenated alkanes) is 1. The van der Waals surface area contributed by atoms with Crippen LogP contribution in [-0.4, -0.2) is 5.91 Å². The first kappa shape index (κ1) is 15.3. The molecule has 2 rings (SSSR count). The Morgan fingerprint density at radius 2 is 2.19 bits per heavy atom. The molecular formula is C18H22N2O. The molecule has 1 heterocycles. The zero-order valence-corrected chi connectivity index (χ0v) is 12.8. The quantitative estimate of drug-likeness (QED) is 0.796. The number of nitrogens with one attached hydrogen (secondary N) is 1. The number of amides is 1. The van der Waals surface area contributed by atoms with Crippen LogP contribution in [0, 0.1) is 16.7 Å². The van der Waals surface area contributed by atoms with Gasteiger partial charge in [0.25, 0.3) is 0 Å². The van der Waals surface area contributed by atoms with Crippen molar-refractivity contribution in [2.45, 2.75) is 44.9 Å². The van der Waals surface area contributed by atoms with E-state index in [1.165, 1.54) is 0 Å². The first-order valence-electron chi connectivity index (χ1n) is 7.47. The number of allylic oxidation sites excluding steroid dienone is 1. The SMILES string of the molecule is C=C[C@](C)(CCCC)[C@@]1(CC#N)C(=O)Nc2ccccc21. The zero-order valence-electron chi connectivity index (χ0n) is 12.8. The number of nitrogens with zero attached hydrogens (tertiary/aromatic N) is 1. The number of hydrogen-bond acceptors (Lipinski definition) is 2. The molecule has 3 nitrogen and oxygen atoms in total. The van der Waals surface area contributed by atoms with E-state index in [0.717, 1.165) is 30.5 Å². The molecule has 0 radical (unpaired) electrons. The zero-order chi connectivity index (χ0) is 15.5. The van der Waals surface area contributed by atoms with Gasteiger partial charge in [-0.3, -0.25) is 4.79 Å². The van der Waals surface area contributed by atoms with E-state index in [9.17, 15) is 10.1 Å². The fraction of sp³-hybridized carbons (Fsp3) is 0.444. The maximum absolute atomic E-state index is 12.8. The van der Waals surface area contributed by atoms with E-state index in [1.807, 2.05) is 30.3 Å². The van der Waals surface area contributed by atoms with E-state index in [2.05, 4.69) is 31.8 Å². The first-order chi connectivity index (χ1) is 10.1. The van der Waals surface area contributed by atoms with Gasteiger partial charge < -0.3 is 5.32 Å². The monoisotopic (exact) mass is 282 g/mol. The summed E-state index contributed by atoms with van der Waals surface area (Å²) in [5.74, 6) is -0.0799. The molecule has 0 saturated heterocycles. The lowest BCUT2D eigenvalue weighted by molar-refractivity contribution is -0.124. The summed E-state index contributed by atoms with van der Waals surface area (Å²) in [4.78, 5) is 12.8. The Kier molecular flexibility index (Phi) is 4.18. The highest BCUT2D eigenvalue weighted by molar-refractivity contribution is 6.07. The normalized spacial score (nSPS) is 22.8. The van der Waals surface area contributed by atoms with Gasteiger partial charge in [0.05, 0.1) is 17.9 Å². The Morgan fingerprint density at radius 1 is 1.48 bits per heavy atom. The molecule has 0 aromatic heterocycles. The number of nitriles is 1. The molecule has 2 atom stereocenters. The van der Waals surface area contributed by atoms with E-state index in [0.29, 0.717) is 0 Å². The molecule has 0 saturated carbocycles. The van der Waals surface area contributed by atoms with Crippen molar-refractivity contribution in [3.8, 4) is 6.07 Å². The van der Waals surface area contributed by atoms with Crippen LogP contribution in [0.2, 0.25) is 0 Å². The number of fused-ring (bicyclic) bond motifs is 1. The van der Waals surface area contributed by atoms with Crippen molar-refractivity contribution >= 4 is 11.6 Å². The van der Waals surface area contributed by atoms with Gasteiger partial charge >= 0.3 is 0 Å². The Balaban J connectivity index is 2.63. The maximum atomic E-state index is 12.8. The standard InChI is InChI=1S/C18H22N2O/c1-4-6-11-17(3,5-2)18(12-13-19)14-9-7-8-10-15(14)20-16(18)21/h5,7-10H,2,4,6,11-12H2,1,3H3,(H,20,21)/t17-,18-/m1/s1. The summed E-state index contributed by atoms with van der Waals surface area (Å²) < 4.78 is 0. The molecule has 0 spiro atoms. The van der Waals surface area contributed by atoms with Gasteiger partial charge in [-0.05, 0) is 18.1 Å². The Hall–Kier alpha value is -2.08. The van der Waals surface area contributed by atoms with Crippen LogP contribution < -0.4 is 5.32 Å². The molecule has 0 fully saturated rings. The van der Waals surface area contributed by atoms with E-state index in [-0.39, 0.29) is 12.3 Å². The Bertz CT molecular complexity index is 601. The third-order valence-electron chi connectivity index (χ3n) is 4.84. The summed E-state index contributed by atoms with van der Waals surface area (Å²) in [5.41, 5.74) is 0.474. The highest BCUT2D eigenvalue weighted by Gasteiger charge is 2.56. The first-order valence-corrected chi connectivity index (χ1v) is 7.47. The predicted molar refractivity (Wildman–Crippen MR) is 84.8 cm³/mol. The highest BCUT2D eigenvalue weighted by atomic mass is 16.2. The van der Waals surface area contributed by atoms with Crippen molar-refractivity contribution in [3.05, 3.63) is 42.5 Å². The van der Waals surface area contributed by atoms with Crippen LogP contribution in [0.4, 0.5) is 5.69 Å². The maximum Gasteiger partial charge on any atom is 0.237 e. The lowest BCUT2D eigenvalue weighted by Gasteiger charge is -2.42. The van der Waals surface area contributed by atoms with Crippen LogP contribution >= 0.6 is 0 Å². The number of anilines is 1. The molecule has 21 heavy (non-hydrogen) atoms. The number of hydrogen-bond donors (Lipinski definition) is 1. The minimum Gasteiger partial charge on any atom is -0.325 e. The van der Waals surface area contributed by atoms with Gasteiger partial charge in [0.15, 0.2) is 0 Å². The lowest BCUT2D eigenvalue weighted by Crippen LogP contribution is -2.48. The molecule has 1 aliphatic heterocycles. The second kappa shape index (κ2) is 5.73. The molecule has 110 valence electrons. The van der Waals surface area contributed by atoms with Crippen molar-refractivity contribution < 1.29 is 4.79 Å². The Labute approximate surface area is 126 Å². The minimum absolute atomic E-state index is 0.0799. The molecule has 0 bridgehead atoms. The van der Waals surface area contributed by atoms with Crippen molar-refractivity contribution in [1.82, 2.24) is 0 Å². The van der Waals surface area contributed by atoms with E-state index >= 15 is 0 Å². The van der Waals surface area contributed by atoms with Gasteiger partial charge in [-0.2, -0.15) is 5.26 Å². The fourth-order valence-corrected chi connectivity index (χ4v) is 3.41. The van der Waals surface area contributed by atoms with Gasteiger partial charge in [0.1, 0.15) is 0 Å². The van der Waals surface area contributed by atoms with E-state index < -0.39 is 10.8 Å². The second-order valence-electron chi connectivity index (χ2n) is 5.97. The molecule has 1 amide bonds. The summed E-state index contributed by atoms with van der Waals surface area (Å²) in [5, 5.41) is 12.3. The molecule has 1 aromatic rings. The number of carbonyl (C=O) groups excluding carboxylic acids is 1. The molecule has 1 aliphatic rings. The molecular weight excluding hydrogens is 260 g/mol. The van der Waals surface area contributed by atoms with Crippen LogP contribution in [0.25, 0.3) is 0 Å². The summed E-state index contributed by atoms with van der Waals surface area (Å²) in [7, 11) is 0. The summed E-state index contributed by atoms with van der Waals surface area (Å²) >= 11 is 0.